The first-order chi connectivity index (χ1) is 9.06. The minimum absolute atomic E-state index is 0.0259. The molecule has 8 heteroatoms. The van der Waals surface area contributed by atoms with E-state index in [2.05, 4.69) is 31.5 Å². The van der Waals surface area contributed by atoms with Gasteiger partial charge in [0.15, 0.2) is 5.13 Å². The van der Waals surface area contributed by atoms with Crippen LogP contribution in [0.3, 0.4) is 0 Å². The third kappa shape index (κ3) is 3.52. The Balaban J connectivity index is 2.09. The van der Waals surface area contributed by atoms with Crippen molar-refractivity contribution in [2.75, 3.05) is 10.6 Å². The molecule has 2 aromatic rings. The summed E-state index contributed by atoms with van der Waals surface area (Å²) >= 11 is 4.48. The number of carboxylic acid groups (broad SMARTS) is 1. The number of aromatic carboxylic acids is 1. The Hall–Kier alpha value is -1.93. The Morgan fingerprint density at radius 3 is 2.63 bits per heavy atom. The summed E-state index contributed by atoms with van der Waals surface area (Å²) < 4.78 is 0.786. The monoisotopic (exact) mass is 341 g/mol. The molecular formula is C11H8BrN3O3S. The van der Waals surface area contributed by atoms with E-state index < -0.39 is 12.0 Å². The SMILES string of the molecule is O=C(Nc1ncc(Br)s1)Nc1ccccc1C(=O)O. The van der Waals surface area contributed by atoms with Gasteiger partial charge in [0.05, 0.1) is 21.2 Å². The number of hydrogen-bond acceptors (Lipinski definition) is 4. The number of nitrogens with one attached hydrogen (secondary N) is 2. The van der Waals surface area contributed by atoms with Crippen molar-refractivity contribution in [3.8, 4) is 0 Å². The number of aromatic nitrogens is 1. The fourth-order valence-electron chi connectivity index (χ4n) is 1.34. The molecule has 1 heterocycles. The van der Waals surface area contributed by atoms with E-state index in [-0.39, 0.29) is 11.3 Å². The van der Waals surface area contributed by atoms with Gasteiger partial charge in [-0.1, -0.05) is 23.5 Å². The zero-order valence-electron chi connectivity index (χ0n) is 9.38. The lowest BCUT2D eigenvalue weighted by molar-refractivity contribution is 0.0698. The fourth-order valence-corrected chi connectivity index (χ4v) is 2.44. The zero-order chi connectivity index (χ0) is 13.8. The van der Waals surface area contributed by atoms with Gasteiger partial charge in [0.25, 0.3) is 0 Å². The number of benzene rings is 1. The fraction of sp³-hybridized carbons (Fsp3) is 0. The first-order valence-electron chi connectivity index (χ1n) is 5.08. The number of para-hydroxylation sites is 1. The molecular weight excluding hydrogens is 334 g/mol. The summed E-state index contributed by atoms with van der Waals surface area (Å²) in [5, 5.41) is 14.4. The molecule has 0 spiro atoms. The van der Waals surface area contributed by atoms with E-state index in [1.807, 2.05) is 0 Å². The normalized spacial score (nSPS) is 9.95. The molecule has 0 aliphatic rings. The molecule has 1 aromatic heterocycles. The number of halogens is 1. The number of anilines is 2. The predicted molar refractivity (Wildman–Crippen MR) is 75.9 cm³/mol. The lowest BCUT2D eigenvalue weighted by atomic mass is 10.2. The second-order valence-electron chi connectivity index (χ2n) is 3.40. The Kier molecular flexibility index (Phi) is 4.13. The third-order valence-electron chi connectivity index (χ3n) is 2.10. The van der Waals surface area contributed by atoms with Crippen molar-refractivity contribution >= 4 is 50.1 Å². The van der Waals surface area contributed by atoms with Gasteiger partial charge in [0.1, 0.15) is 0 Å². The van der Waals surface area contributed by atoms with Crippen molar-refractivity contribution in [3.63, 3.8) is 0 Å². The topological polar surface area (TPSA) is 91.3 Å². The summed E-state index contributed by atoms with van der Waals surface area (Å²) in [5.41, 5.74) is 0.251. The summed E-state index contributed by atoms with van der Waals surface area (Å²) in [6.45, 7) is 0. The third-order valence-corrected chi connectivity index (χ3v) is 3.50. The molecule has 19 heavy (non-hydrogen) atoms. The van der Waals surface area contributed by atoms with Crippen molar-refractivity contribution in [3.05, 3.63) is 39.8 Å². The maximum atomic E-state index is 11.7. The molecule has 0 aliphatic carbocycles. The summed E-state index contributed by atoms with van der Waals surface area (Å²) in [7, 11) is 0. The van der Waals surface area contributed by atoms with Crippen molar-refractivity contribution in [2.45, 2.75) is 0 Å². The van der Waals surface area contributed by atoms with E-state index in [0.717, 1.165) is 3.79 Å². The molecule has 98 valence electrons. The smallest absolute Gasteiger partial charge is 0.337 e. The number of urea groups is 1. The van der Waals surface area contributed by atoms with Gasteiger partial charge in [-0.25, -0.2) is 14.6 Å². The molecule has 2 amide bonds. The number of rotatable bonds is 3. The van der Waals surface area contributed by atoms with Crippen LogP contribution in [0, 0.1) is 0 Å². The second kappa shape index (κ2) is 5.81. The minimum atomic E-state index is -1.10. The highest BCUT2D eigenvalue weighted by Gasteiger charge is 2.12. The molecule has 0 bridgehead atoms. The summed E-state index contributed by atoms with van der Waals surface area (Å²) in [6.07, 6.45) is 1.56. The summed E-state index contributed by atoms with van der Waals surface area (Å²) in [6, 6.07) is 5.61. The van der Waals surface area contributed by atoms with Gasteiger partial charge < -0.3 is 10.4 Å². The molecule has 1 aromatic carbocycles. The molecule has 0 radical (unpaired) electrons. The van der Waals surface area contributed by atoms with Crippen LogP contribution in [0.2, 0.25) is 0 Å². The molecule has 0 fully saturated rings. The van der Waals surface area contributed by atoms with E-state index in [0.29, 0.717) is 5.13 Å². The van der Waals surface area contributed by atoms with E-state index >= 15 is 0 Å². The molecule has 0 unspecified atom stereocenters. The van der Waals surface area contributed by atoms with Crippen molar-refractivity contribution < 1.29 is 14.7 Å². The maximum absolute atomic E-state index is 11.7. The van der Waals surface area contributed by atoms with Gasteiger partial charge in [-0.2, -0.15) is 0 Å². The Labute approximate surface area is 120 Å². The number of hydrogen-bond donors (Lipinski definition) is 3. The van der Waals surface area contributed by atoms with Gasteiger partial charge in [-0.3, -0.25) is 5.32 Å². The second-order valence-corrected chi connectivity index (χ2v) is 5.81. The molecule has 6 nitrogen and oxygen atoms in total. The van der Waals surface area contributed by atoms with Gasteiger partial charge in [-0.05, 0) is 28.1 Å². The zero-order valence-corrected chi connectivity index (χ0v) is 11.8. The first kappa shape index (κ1) is 13.5. The minimum Gasteiger partial charge on any atom is -0.478 e. The Morgan fingerprint density at radius 2 is 2.00 bits per heavy atom. The number of carboxylic acids is 1. The van der Waals surface area contributed by atoms with Crippen LogP contribution >= 0.6 is 27.3 Å². The standard InChI is InChI=1S/C11H8BrN3O3S/c12-8-5-13-11(19-8)15-10(18)14-7-4-2-1-3-6(7)9(16)17/h1-5H,(H,16,17)(H2,13,14,15,18). The largest absolute Gasteiger partial charge is 0.478 e. The number of thiazole rings is 1. The quantitative estimate of drug-likeness (QED) is 0.799. The van der Waals surface area contributed by atoms with E-state index in [9.17, 15) is 9.59 Å². The van der Waals surface area contributed by atoms with Crippen LogP contribution in [-0.4, -0.2) is 22.1 Å². The molecule has 0 aliphatic heterocycles. The van der Waals surface area contributed by atoms with E-state index in [4.69, 9.17) is 5.11 Å². The average Bonchev–Trinajstić information content (AvgIpc) is 2.75. The number of nitrogens with zero attached hydrogens (tertiary/aromatic N) is 1. The van der Waals surface area contributed by atoms with Gasteiger partial charge in [0, 0.05) is 0 Å². The summed E-state index contributed by atoms with van der Waals surface area (Å²) in [5.74, 6) is -1.10. The van der Waals surface area contributed by atoms with Gasteiger partial charge >= 0.3 is 12.0 Å². The van der Waals surface area contributed by atoms with Crippen molar-refractivity contribution in [1.29, 1.82) is 0 Å². The van der Waals surface area contributed by atoms with Crippen LogP contribution in [0.25, 0.3) is 0 Å². The van der Waals surface area contributed by atoms with Crippen LogP contribution in [0.1, 0.15) is 10.4 Å². The molecule has 3 N–H and O–H groups in total. The molecule has 0 saturated carbocycles. The number of amides is 2. The van der Waals surface area contributed by atoms with Crippen LogP contribution in [-0.2, 0) is 0 Å². The van der Waals surface area contributed by atoms with E-state index in [1.165, 1.54) is 23.5 Å². The molecule has 2 rings (SSSR count). The lowest BCUT2D eigenvalue weighted by Crippen LogP contribution is -2.20. The summed E-state index contributed by atoms with van der Waals surface area (Å²) in [4.78, 5) is 26.6. The van der Waals surface area contributed by atoms with Crippen LogP contribution in [0.4, 0.5) is 15.6 Å². The highest BCUT2D eigenvalue weighted by atomic mass is 79.9. The van der Waals surface area contributed by atoms with Crippen LogP contribution < -0.4 is 10.6 Å². The molecule has 0 atom stereocenters. The number of carbonyl (C=O) groups excluding carboxylic acids is 1. The van der Waals surface area contributed by atoms with Gasteiger partial charge in [0.2, 0.25) is 0 Å². The highest BCUT2D eigenvalue weighted by molar-refractivity contribution is 9.11. The first-order valence-corrected chi connectivity index (χ1v) is 6.69. The van der Waals surface area contributed by atoms with E-state index in [1.54, 1.807) is 18.3 Å². The highest BCUT2D eigenvalue weighted by Crippen LogP contribution is 2.23. The average molecular weight is 342 g/mol. The predicted octanol–water partition coefficient (Wildman–Crippen LogP) is 3.25. The van der Waals surface area contributed by atoms with Crippen molar-refractivity contribution in [1.82, 2.24) is 4.98 Å². The van der Waals surface area contributed by atoms with Crippen LogP contribution in [0.15, 0.2) is 34.2 Å². The molecule has 0 saturated heterocycles. The lowest BCUT2D eigenvalue weighted by Gasteiger charge is -2.07. The Bertz CT molecular complexity index is 629. The maximum Gasteiger partial charge on any atom is 0.337 e. The Morgan fingerprint density at radius 1 is 1.26 bits per heavy atom. The van der Waals surface area contributed by atoms with Crippen molar-refractivity contribution in [2.24, 2.45) is 0 Å². The van der Waals surface area contributed by atoms with Gasteiger partial charge in [-0.15, -0.1) is 0 Å². The van der Waals surface area contributed by atoms with Crippen LogP contribution in [0.5, 0.6) is 0 Å². The number of carbonyl (C=O) groups is 2.